The molecular weight excluding hydrogens is 272 g/mol. The molecular formula is C14H20N4O3. The maximum absolute atomic E-state index is 11.6. The number of hydrogen-bond donors (Lipinski definition) is 2. The minimum Gasteiger partial charge on any atom is -0.360 e. The number of amides is 1. The Hall–Kier alpha value is -2.15. The molecule has 114 valence electrons. The highest BCUT2D eigenvalue weighted by molar-refractivity contribution is 5.95. The van der Waals surface area contributed by atoms with Crippen LogP contribution < -0.4 is 15.5 Å². The third-order valence-electron chi connectivity index (χ3n) is 3.64. The molecule has 1 amide bonds. The molecule has 1 heterocycles. The van der Waals surface area contributed by atoms with E-state index >= 15 is 0 Å². The summed E-state index contributed by atoms with van der Waals surface area (Å²) in [6, 6.07) is 4.93. The number of nitrogens with zero attached hydrogens (tertiary/aromatic N) is 2. The molecule has 7 heteroatoms. The van der Waals surface area contributed by atoms with Crippen LogP contribution >= 0.6 is 0 Å². The van der Waals surface area contributed by atoms with Crippen molar-refractivity contribution in [2.24, 2.45) is 0 Å². The second kappa shape index (κ2) is 6.53. The van der Waals surface area contributed by atoms with Crippen LogP contribution in [-0.2, 0) is 0 Å². The van der Waals surface area contributed by atoms with Crippen molar-refractivity contribution in [3.63, 3.8) is 0 Å². The molecule has 1 aromatic rings. The van der Waals surface area contributed by atoms with Crippen molar-refractivity contribution in [1.29, 1.82) is 0 Å². The first-order valence-corrected chi connectivity index (χ1v) is 7.06. The smallest absolute Gasteiger partial charge is 0.293 e. The van der Waals surface area contributed by atoms with Crippen LogP contribution in [0.4, 0.5) is 11.4 Å². The highest BCUT2D eigenvalue weighted by atomic mass is 16.6. The maximum Gasteiger partial charge on any atom is 0.293 e. The van der Waals surface area contributed by atoms with E-state index in [-0.39, 0.29) is 17.6 Å². The standard InChI is InChI=1S/C14H20N4O3/c1-3-6-17(11-8-16-9-11)12-5-4-10(14(19)15-2)7-13(12)18(20)21/h4-5,7,11,16H,3,6,8-9H2,1-2H3,(H,15,19). The normalized spacial score (nSPS) is 14.4. The molecule has 2 rings (SSSR count). The second-order valence-electron chi connectivity index (χ2n) is 5.05. The molecule has 0 bridgehead atoms. The molecule has 7 nitrogen and oxygen atoms in total. The minimum atomic E-state index is -0.420. The van der Waals surface area contributed by atoms with Gasteiger partial charge in [0.15, 0.2) is 0 Å². The molecule has 0 atom stereocenters. The largest absolute Gasteiger partial charge is 0.360 e. The zero-order chi connectivity index (χ0) is 15.4. The third-order valence-corrected chi connectivity index (χ3v) is 3.64. The first kappa shape index (κ1) is 15.2. The molecule has 0 unspecified atom stereocenters. The Morgan fingerprint density at radius 1 is 1.52 bits per heavy atom. The summed E-state index contributed by atoms with van der Waals surface area (Å²) in [5, 5.41) is 17.0. The van der Waals surface area contributed by atoms with E-state index in [0.29, 0.717) is 11.3 Å². The van der Waals surface area contributed by atoms with Gasteiger partial charge in [-0.25, -0.2) is 0 Å². The van der Waals surface area contributed by atoms with Crippen LogP contribution in [-0.4, -0.2) is 43.6 Å². The molecule has 1 aromatic carbocycles. The van der Waals surface area contributed by atoms with Crippen molar-refractivity contribution in [3.05, 3.63) is 33.9 Å². The molecule has 0 radical (unpaired) electrons. The number of nitro benzene ring substituents is 1. The molecule has 0 aliphatic carbocycles. The number of anilines is 1. The summed E-state index contributed by atoms with van der Waals surface area (Å²) >= 11 is 0. The number of carbonyl (C=O) groups excluding carboxylic acids is 1. The average molecular weight is 292 g/mol. The van der Waals surface area contributed by atoms with Crippen LogP contribution in [0.1, 0.15) is 23.7 Å². The molecule has 0 saturated carbocycles. The van der Waals surface area contributed by atoms with E-state index in [1.165, 1.54) is 13.1 Å². The summed E-state index contributed by atoms with van der Waals surface area (Å²) in [5.74, 6) is -0.322. The van der Waals surface area contributed by atoms with Gasteiger partial charge < -0.3 is 15.5 Å². The van der Waals surface area contributed by atoms with Crippen LogP contribution in [0.5, 0.6) is 0 Å². The van der Waals surface area contributed by atoms with Crippen molar-refractivity contribution in [2.75, 3.05) is 31.6 Å². The highest BCUT2D eigenvalue weighted by Crippen LogP contribution is 2.31. The number of hydrogen-bond acceptors (Lipinski definition) is 5. The Morgan fingerprint density at radius 2 is 2.24 bits per heavy atom. The van der Waals surface area contributed by atoms with Gasteiger partial charge in [0, 0.05) is 38.3 Å². The lowest BCUT2D eigenvalue weighted by molar-refractivity contribution is -0.384. The van der Waals surface area contributed by atoms with E-state index in [1.54, 1.807) is 12.1 Å². The van der Waals surface area contributed by atoms with Crippen LogP contribution in [0.3, 0.4) is 0 Å². The molecule has 21 heavy (non-hydrogen) atoms. The first-order valence-electron chi connectivity index (χ1n) is 7.06. The fourth-order valence-corrected chi connectivity index (χ4v) is 2.43. The predicted molar refractivity (Wildman–Crippen MR) is 80.8 cm³/mol. The van der Waals surface area contributed by atoms with Crippen LogP contribution in [0.25, 0.3) is 0 Å². The van der Waals surface area contributed by atoms with Gasteiger partial charge in [-0.15, -0.1) is 0 Å². The predicted octanol–water partition coefficient (Wildman–Crippen LogP) is 1.14. The van der Waals surface area contributed by atoms with E-state index in [1.807, 2.05) is 6.92 Å². The van der Waals surface area contributed by atoms with Gasteiger partial charge in [-0.3, -0.25) is 14.9 Å². The van der Waals surface area contributed by atoms with Gasteiger partial charge in [0.25, 0.3) is 11.6 Å². The van der Waals surface area contributed by atoms with Crippen LogP contribution in [0.15, 0.2) is 18.2 Å². The monoisotopic (exact) mass is 292 g/mol. The SMILES string of the molecule is CCCN(c1ccc(C(=O)NC)cc1[N+](=O)[O-])C1CNC1. The number of nitrogens with one attached hydrogen (secondary N) is 2. The number of nitro groups is 1. The van der Waals surface area contributed by atoms with E-state index in [0.717, 1.165) is 26.1 Å². The first-order chi connectivity index (χ1) is 10.1. The topological polar surface area (TPSA) is 87.5 Å². The lowest BCUT2D eigenvalue weighted by Gasteiger charge is -2.39. The van der Waals surface area contributed by atoms with Gasteiger partial charge in [0.05, 0.1) is 11.0 Å². The van der Waals surface area contributed by atoms with Crippen molar-refractivity contribution in [2.45, 2.75) is 19.4 Å². The summed E-state index contributed by atoms with van der Waals surface area (Å²) in [6.07, 6.45) is 0.908. The van der Waals surface area contributed by atoms with Gasteiger partial charge >= 0.3 is 0 Å². The fourth-order valence-electron chi connectivity index (χ4n) is 2.43. The Balaban J connectivity index is 2.40. The zero-order valence-electron chi connectivity index (χ0n) is 12.3. The molecule has 0 spiro atoms. The Morgan fingerprint density at radius 3 is 2.71 bits per heavy atom. The van der Waals surface area contributed by atoms with Crippen molar-refractivity contribution in [3.8, 4) is 0 Å². The molecule has 1 aliphatic rings. The molecule has 1 aliphatic heterocycles. The number of rotatable bonds is 6. The second-order valence-corrected chi connectivity index (χ2v) is 5.05. The Kier molecular flexibility index (Phi) is 4.74. The Labute approximate surface area is 123 Å². The van der Waals surface area contributed by atoms with Crippen molar-refractivity contribution < 1.29 is 9.72 Å². The summed E-state index contributed by atoms with van der Waals surface area (Å²) < 4.78 is 0. The van der Waals surface area contributed by atoms with Gasteiger partial charge in [-0.1, -0.05) is 6.92 Å². The molecule has 1 fully saturated rings. The zero-order valence-corrected chi connectivity index (χ0v) is 12.3. The lowest BCUT2D eigenvalue weighted by atomic mass is 10.1. The average Bonchev–Trinajstić information content (AvgIpc) is 2.43. The van der Waals surface area contributed by atoms with Gasteiger partial charge in [0.1, 0.15) is 5.69 Å². The fraction of sp³-hybridized carbons (Fsp3) is 0.500. The number of carbonyl (C=O) groups is 1. The summed E-state index contributed by atoms with van der Waals surface area (Å²) in [4.78, 5) is 24.6. The van der Waals surface area contributed by atoms with Gasteiger partial charge in [-0.05, 0) is 18.6 Å². The molecule has 0 aromatic heterocycles. The van der Waals surface area contributed by atoms with Crippen LogP contribution in [0, 0.1) is 10.1 Å². The molecule has 2 N–H and O–H groups in total. The van der Waals surface area contributed by atoms with E-state index in [2.05, 4.69) is 15.5 Å². The van der Waals surface area contributed by atoms with E-state index in [9.17, 15) is 14.9 Å². The lowest BCUT2D eigenvalue weighted by Crippen LogP contribution is -2.57. The van der Waals surface area contributed by atoms with E-state index in [4.69, 9.17) is 0 Å². The summed E-state index contributed by atoms with van der Waals surface area (Å²) in [5.41, 5.74) is 0.869. The third kappa shape index (κ3) is 3.13. The van der Waals surface area contributed by atoms with Gasteiger partial charge in [0.2, 0.25) is 0 Å². The van der Waals surface area contributed by atoms with E-state index < -0.39 is 4.92 Å². The minimum absolute atomic E-state index is 0.0172. The van der Waals surface area contributed by atoms with Crippen molar-refractivity contribution in [1.82, 2.24) is 10.6 Å². The molecule has 1 saturated heterocycles. The quantitative estimate of drug-likeness (QED) is 0.606. The van der Waals surface area contributed by atoms with Crippen LogP contribution in [0.2, 0.25) is 0 Å². The number of benzene rings is 1. The summed E-state index contributed by atoms with van der Waals surface area (Å²) in [6.45, 7) is 4.46. The highest BCUT2D eigenvalue weighted by Gasteiger charge is 2.29. The van der Waals surface area contributed by atoms with Crippen molar-refractivity contribution >= 4 is 17.3 Å². The van der Waals surface area contributed by atoms with Gasteiger partial charge in [-0.2, -0.15) is 0 Å². The Bertz CT molecular complexity index is 543. The summed E-state index contributed by atoms with van der Waals surface area (Å²) in [7, 11) is 1.51. The maximum atomic E-state index is 11.6.